The van der Waals surface area contributed by atoms with E-state index >= 15 is 4.39 Å². The van der Waals surface area contributed by atoms with Crippen LogP contribution >= 0.6 is 0 Å². The van der Waals surface area contributed by atoms with Crippen LogP contribution in [0.15, 0.2) is 17.1 Å². The number of nitrogens with zero attached hydrogens (tertiary/aromatic N) is 2. The highest BCUT2D eigenvalue weighted by Gasteiger charge is 2.42. The molecule has 7 nitrogen and oxygen atoms in total. The van der Waals surface area contributed by atoms with E-state index in [2.05, 4.69) is 12.2 Å². The van der Waals surface area contributed by atoms with Gasteiger partial charge in [0.1, 0.15) is 17.4 Å². The molecule has 2 fully saturated rings. The number of anilines is 1. The summed E-state index contributed by atoms with van der Waals surface area (Å²) in [6.45, 7) is 3.24. The van der Waals surface area contributed by atoms with Gasteiger partial charge in [-0.25, -0.2) is 13.6 Å². The van der Waals surface area contributed by atoms with Crippen LogP contribution in [0, 0.1) is 11.7 Å². The monoisotopic (exact) mass is 421 g/mol. The Balaban J connectivity index is 1.98. The summed E-state index contributed by atoms with van der Waals surface area (Å²) < 4.78 is 36.3. The Bertz CT molecular complexity index is 1060. The van der Waals surface area contributed by atoms with E-state index in [0.717, 1.165) is 18.7 Å². The van der Waals surface area contributed by atoms with E-state index in [9.17, 15) is 19.1 Å². The molecule has 1 aromatic carbocycles. The fourth-order valence-corrected chi connectivity index (χ4v) is 4.58. The third kappa shape index (κ3) is 3.12. The number of halogens is 2. The van der Waals surface area contributed by atoms with Crippen molar-refractivity contribution in [3.8, 4) is 5.75 Å². The summed E-state index contributed by atoms with van der Waals surface area (Å²) in [4.78, 5) is 26.2. The van der Waals surface area contributed by atoms with Crippen molar-refractivity contribution in [1.82, 2.24) is 9.88 Å². The number of likely N-dealkylation sites (N-methyl/N-ethyl adjacent to an activating group) is 1. The van der Waals surface area contributed by atoms with Crippen molar-refractivity contribution in [3.63, 3.8) is 0 Å². The van der Waals surface area contributed by atoms with Gasteiger partial charge in [-0.2, -0.15) is 0 Å². The minimum Gasteiger partial charge on any atom is -0.492 e. The molecule has 0 amide bonds. The van der Waals surface area contributed by atoms with Crippen molar-refractivity contribution in [2.24, 2.45) is 5.92 Å². The van der Waals surface area contributed by atoms with Gasteiger partial charge in [-0.05, 0) is 19.0 Å². The molecule has 1 saturated heterocycles. The molecule has 162 valence electrons. The third-order valence-electron chi connectivity index (χ3n) is 6.32. The molecule has 2 aliphatic rings. The first-order valence-electron chi connectivity index (χ1n) is 10.1. The summed E-state index contributed by atoms with van der Waals surface area (Å²) in [5.41, 5.74) is -0.878. The van der Waals surface area contributed by atoms with Gasteiger partial charge in [0.15, 0.2) is 11.6 Å². The summed E-state index contributed by atoms with van der Waals surface area (Å²) in [5, 5.41) is 12.5. The molecule has 0 radical (unpaired) electrons. The lowest BCUT2D eigenvalue weighted by Gasteiger charge is -2.24. The van der Waals surface area contributed by atoms with Crippen molar-refractivity contribution in [1.29, 1.82) is 0 Å². The minimum absolute atomic E-state index is 0.122. The minimum atomic E-state index is -1.43. The molecule has 1 aliphatic carbocycles. The second-order valence-corrected chi connectivity index (χ2v) is 8.01. The Morgan fingerprint density at radius 2 is 2.10 bits per heavy atom. The van der Waals surface area contributed by atoms with Gasteiger partial charge in [0.05, 0.1) is 24.1 Å². The van der Waals surface area contributed by atoms with Crippen LogP contribution in [-0.4, -0.2) is 55.1 Å². The molecule has 2 heterocycles. The average molecular weight is 421 g/mol. The predicted molar refractivity (Wildman–Crippen MR) is 109 cm³/mol. The van der Waals surface area contributed by atoms with Crippen LogP contribution in [0.5, 0.6) is 5.75 Å². The molecule has 1 aliphatic heterocycles. The van der Waals surface area contributed by atoms with Crippen molar-refractivity contribution in [3.05, 3.63) is 33.9 Å². The number of rotatable bonds is 6. The van der Waals surface area contributed by atoms with E-state index < -0.39 is 35.0 Å². The van der Waals surface area contributed by atoms with Crippen molar-refractivity contribution >= 4 is 22.6 Å². The summed E-state index contributed by atoms with van der Waals surface area (Å²) in [6, 6.07) is 0.623. The number of ether oxygens (including phenoxy) is 1. The number of aromatic nitrogens is 1. The lowest BCUT2D eigenvalue weighted by atomic mass is 10.0. The molecular weight excluding hydrogens is 396 g/mol. The molecule has 1 aromatic heterocycles. The van der Waals surface area contributed by atoms with Gasteiger partial charge >= 0.3 is 5.97 Å². The largest absolute Gasteiger partial charge is 0.492 e. The normalized spacial score (nSPS) is 25.7. The average Bonchev–Trinajstić information content (AvgIpc) is 3.29. The number of alkyl halides is 1. The Morgan fingerprint density at radius 1 is 1.40 bits per heavy atom. The second kappa shape index (κ2) is 7.54. The Hall–Kier alpha value is -2.68. The number of hydrogen-bond acceptors (Lipinski definition) is 5. The Labute approximate surface area is 172 Å². The number of carbonyl (C=O) groups is 1. The topological polar surface area (TPSA) is 83.8 Å². The molecule has 0 bridgehead atoms. The zero-order valence-electron chi connectivity index (χ0n) is 17.1. The predicted octanol–water partition coefficient (Wildman–Crippen LogP) is 2.56. The van der Waals surface area contributed by atoms with Gasteiger partial charge in [-0.1, -0.05) is 13.3 Å². The first kappa shape index (κ1) is 20.6. The molecule has 4 atom stereocenters. The number of methoxy groups -OCH3 is 1. The molecular formula is C21H25F2N3O4. The standard InChI is InChI=1S/C21H25F2N3O4/c1-4-10-7-25(9-15(10)24-2)18-14(23)5-11-17(20(18)30-3)26(16-6-13(16)22)8-12(19(11)27)21(28)29/h5,8,10,13,15-16,24H,4,6-7,9H2,1-3H3,(H,28,29). The highest BCUT2D eigenvalue weighted by molar-refractivity contribution is 5.97. The molecule has 9 heteroatoms. The maximum Gasteiger partial charge on any atom is 0.341 e. The van der Waals surface area contributed by atoms with Crippen molar-refractivity contribution < 1.29 is 23.4 Å². The number of aromatic carboxylic acids is 1. The van der Waals surface area contributed by atoms with E-state index in [1.54, 1.807) is 0 Å². The molecule has 1 saturated carbocycles. The maximum absolute atomic E-state index is 15.3. The fourth-order valence-electron chi connectivity index (χ4n) is 4.58. The summed E-state index contributed by atoms with van der Waals surface area (Å²) >= 11 is 0. The fraction of sp³-hybridized carbons (Fsp3) is 0.524. The highest BCUT2D eigenvalue weighted by atomic mass is 19.1. The quantitative estimate of drug-likeness (QED) is 0.746. The lowest BCUT2D eigenvalue weighted by Crippen LogP contribution is -2.33. The molecule has 4 rings (SSSR count). The molecule has 0 spiro atoms. The van der Waals surface area contributed by atoms with Crippen LogP contribution in [0.2, 0.25) is 0 Å². The number of pyridine rings is 1. The summed E-state index contributed by atoms with van der Waals surface area (Å²) in [5.74, 6) is -1.66. The second-order valence-electron chi connectivity index (χ2n) is 8.01. The number of fused-ring (bicyclic) bond motifs is 1. The van der Waals surface area contributed by atoms with Crippen molar-refractivity contribution in [2.45, 2.75) is 38.0 Å². The molecule has 2 N–H and O–H groups in total. The van der Waals surface area contributed by atoms with Crippen LogP contribution in [0.3, 0.4) is 0 Å². The van der Waals surface area contributed by atoms with Gasteiger partial charge in [-0.15, -0.1) is 0 Å². The summed E-state index contributed by atoms with van der Waals surface area (Å²) in [7, 11) is 3.24. The molecule has 4 unspecified atom stereocenters. The van der Waals surface area contributed by atoms with Crippen LogP contribution in [0.1, 0.15) is 36.2 Å². The molecule has 30 heavy (non-hydrogen) atoms. The zero-order chi connectivity index (χ0) is 21.7. The van der Waals surface area contributed by atoms with E-state index in [-0.39, 0.29) is 34.8 Å². The first-order valence-corrected chi connectivity index (χ1v) is 10.1. The van der Waals surface area contributed by atoms with Crippen LogP contribution in [0.25, 0.3) is 10.9 Å². The SMILES string of the molecule is CCC1CN(c2c(F)cc3c(=O)c(C(=O)O)cn(C4CC4F)c3c2OC)CC1NC. The van der Waals surface area contributed by atoms with Gasteiger partial charge in [0, 0.05) is 31.7 Å². The Morgan fingerprint density at radius 3 is 2.60 bits per heavy atom. The maximum atomic E-state index is 15.3. The van der Waals surface area contributed by atoms with Gasteiger partial charge < -0.3 is 24.6 Å². The van der Waals surface area contributed by atoms with Crippen molar-refractivity contribution in [2.75, 3.05) is 32.1 Å². The highest BCUT2D eigenvalue weighted by Crippen LogP contribution is 2.46. The lowest BCUT2D eigenvalue weighted by molar-refractivity contribution is 0.0694. The Kier molecular flexibility index (Phi) is 5.17. The third-order valence-corrected chi connectivity index (χ3v) is 6.32. The van der Waals surface area contributed by atoms with Crippen LogP contribution in [0.4, 0.5) is 14.5 Å². The number of nitrogens with one attached hydrogen (secondary N) is 1. The van der Waals surface area contributed by atoms with Gasteiger partial charge in [0.2, 0.25) is 5.43 Å². The number of carboxylic acids is 1. The van der Waals surface area contributed by atoms with Gasteiger partial charge in [0.25, 0.3) is 0 Å². The van der Waals surface area contributed by atoms with E-state index in [1.807, 2.05) is 11.9 Å². The summed E-state index contributed by atoms with van der Waals surface area (Å²) in [6.07, 6.45) is 1.12. The zero-order valence-corrected chi connectivity index (χ0v) is 17.1. The molecule has 2 aromatic rings. The first-order chi connectivity index (χ1) is 14.3. The number of carboxylic acid groups (broad SMARTS) is 1. The van der Waals surface area contributed by atoms with Crippen LogP contribution in [-0.2, 0) is 0 Å². The number of hydrogen-bond donors (Lipinski definition) is 2. The smallest absolute Gasteiger partial charge is 0.341 e. The number of benzene rings is 1. The van der Waals surface area contributed by atoms with Gasteiger partial charge in [-0.3, -0.25) is 4.79 Å². The van der Waals surface area contributed by atoms with E-state index in [0.29, 0.717) is 19.0 Å². The van der Waals surface area contributed by atoms with E-state index in [1.165, 1.54) is 11.7 Å². The van der Waals surface area contributed by atoms with Crippen LogP contribution < -0.4 is 20.4 Å². The van der Waals surface area contributed by atoms with E-state index in [4.69, 9.17) is 4.74 Å².